The highest BCUT2D eigenvalue weighted by Gasteiger charge is 2.27. The van der Waals surface area contributed by atoms with Crippen molar-refractivity contribution in [3.8, 4) is 11.6 Å². The molecule has 3 aromatic rings. The number of hydrogen-bond donors (Lipinski definition) is 1. The number of nitrogens with zero attached hydrogens (tertiary/aromatic N) is 3. The second-order valence-corrected chi connectivity index (χ2v) is 10.5. The zero-order chi connectivity index (χ0) is 27.3. The van der Waals surface area contributed by atoms with Crippen LogP contribution < -0.4 is 15.6 Å². The monoisotopic (exact) mass is 526 g/mol. The van der Waals surface area contributed by atoms with Gasteiger partial charge in [-0.2, -0.15) is 4.68 Å². The molecule has 3 rings (SSSR count). The highest BCUT2D eigenvalue weighted by molar-refractivity contribution is 6.31. The van der Waals surface area contributed by atoms with Gasteiger partial charge >= 0.3 is 0 Å². The Morgan fingerprint density at radius 1 is 1.19 bits per heavy atom. The Morgan fingerprint density at radius 2 is 1.92 bits per heavy atom. The van der Waals surface area contributed by atoms with Gasteiger partial charge in [0.05, 0.1) is 17.9 Å². The topological polar surface area (TPSA) is 95.2 Å². The lowest BCUT2D eigenvalue weighted by molar-refractivity contribution is -0.118. The van der Waals surface area contributed by atoms with E-state index < -0.39 is 5.41 Å². The van der Waals surface area contributed by atoms with Gasteiger partial charge in [0, 0.05) is 30.1 Å². The standard InChI is InChI=1S/C28H35ClN4O4/c1-7-37-23-12-11-20(29)16-21(23)22(34)13-14-28(5,6)17-25(35)31-26-19(4)32(18(2)3)33(27(26)36)24-10-8-9-15-30-24/h8-12,15-16,18H,7,13-14,17H2,1-6H3,(H,31,35). The van der Waals surface area contributed by atoms with Gasteiger partial charge in [0.1, 0.15) is 11.4 Å². The quantitative estimate of drug-likeness (QED) is 0.309. The van der Waals surface area contributed by atoms with E-state index in [1.165, 1.54) is 4.68 Å². The summed E-state index contributed by atoms with van der Waals surface area (Å²) in [7, 11) is 0. The number of halogens is 1. The lowest BCUT2D eigenvalue weighted by Gasteiger charge is -2.23. The number of pyridine rings is 1. The average Bonchev–Trinajstić information content (AvgIpc) is 3.09. The molecule has 0 spiro atoms. The van der Waals surface area contributed by atoms with E-state index in [1.54, 1.807) is 43.5 Å². The van der Waals surface area contributed by atoms with Crippen molar-refractivity contribution in [3.63, 3.8) is 0 Å². The van der Waals surface area contributed by atoms with Crippen LogP contribution in [0.1, 0.15) is 76.0 Å². The summed E-state index contributed by atoms with van der Waals surface area (Å²) in [6.07, 6.45) is 2.47. The molecule has 1 aromatic carbocycles. The first-order chi connectivity index (χ1) is 17.4. The Hall–Kier alpha value is -3.39. The summed E-state index contributed by atoms with van der Waals surface area (Å²) in [4.78, 5) is 43.6. The van der Waals surface area contributed by atoms with Gasteiger partial charge in [0.25, 0.3) is 5.56 Å². The third-order valence-corrected chi connectivity index (χ3v) is 6.39. The number of amides is 1. The summed E-state index contributed by atoms with van der Waals surface area (Å²) < 4.78 is 8.89. The molecular weight excluding hydrogens is 492 g/mol. The number of nitrogens with one attached hydrogen (secondary N) is 1. The Morgan fingerprint density at radius 3 is 2.54 bits per heavy atom. The normalized spacial score (nSPS) is 11.6. The third-order valence-electron chi connectivity index (χ3n) is 6.16. The molecule has 1 amide bonds. The van der Waals surface area contributed by atoms with Crippen molar-refractivity contribution in [2.75, 3.05) is 11.9 Å². The molecule has 0 aliphatic carbocycles. The molecule has 0 aliphatic heterocycles. The van der Waals surface area contributed by atoms with E-state index in [0.717, 1.165) is 0 Å². The van der Waals surface area contributed by atoms with Crippen LogP contribution in [-0.2, 0) is 4.79 Å². The van der Waals surface area contributed by atoms with Crippen LogP contribution in [0.5, 0.6) is 5.75 Å². The first-order valence-electron chi connectivity index (χ1n) is 12.5. The number of ether oxygens (including phenoxy) is 1. The van der Waals surface area contributed by atoms with Gasteiger partial charge in [-0.05, 0) is 69.9 Å². The Labute approximate surface area is 222 Å². The maximum atomic E-state index is 13.3. The molecule has 0 unspecified atom stereocenters. The number of Topliss-reactive ketones (excluding diaryl/α,β-unsaturated/α-hetero) is 1. The van der Waals surface area contributed by atoms with E-state index in [2.05, 4.69) is 10.3 Å². The molecule has 0 bridgehead atoms. The van der Waals surface area contributed by atoms with E-state index in [9.17, 15) is 14.4 Å². The van der Waals surface area contributed by atoms with Gasteiger partial charge in [0.2, 0.25) is 5.91 Å². The summed E-state index contributed by atoms with van der Waals surface area (Å²) in [5.41, 5.74) is 0.498. The highest BCUT2D eigenvalue weighted by atomic mass is 35.5. The fourth-order valence-electron chi connectivity index (χ4n) is 4.37. The minimum absolute atomic E-state index is 0.0316. The number of carbonyl (C=O) groups excluding carboxylic acids is 2. The minimum atomic E-state index is -0.487. The highest BCUT2D eigenvalue weighted by Crippen LogP contribution is 2.31. The van der Waals surface area contributed by atoms with Gasteiger partial charge < -0.3 is 10.1 Å². The number of carbonyl (C=O) groups is 2. The molecule has 0 saturated carbocycles. The molecule has 0 aliphatic rings. The van der Waals surface area contributed by atoms with Crippen LogP contribution >= 0.6 is 11.6 Å². The van der Waals surface area contributed by atoms with Crippen molar-refractivity contribution in [3.05, 3.63) is 69.2 Å². The molecule has 0 atom stereocenters. The number of anilines is 1. The molecule has 9 heteroatoms. The Bertz CT molecular complexity index is 1330. The van der Waals surface area contributed by atoms with Gasteiger partial charge in [-0.15, -0.1) is 0 Å². The second kappa shape index (κ2) is 11.8. The Kier molecular flexibility index (Phi) is 8.97. The van der Waals surface area contributed by atoms with E-state index in [1.807, 2.05) is 45.4 Å². The maximum absolute atomic E-state index is 13.3. The van der Waals surface area contributed by atoms with Crippen molar-refractivity contribution in [1.82, 2.24) is 14.3 Å². The summed E-state index contributed by atoms with van der Waals surface area (Å²) in [5, 5.41) is 3.29. The molecule has 1 N–H and O–H groups in total. The van der Waals surface area contributed by atoms with Crippen LogP contribution in [0.2, 0.25) is 5.02 Å². The number of hydrogen-bond acceptors (Lipinski definition) is 5. The molecule has 0 fully saturated rings. The lowest BCUT2D eigenvalue weighted by atomic mass is 9.82. The lowest BCUT2D eigenvalue weighted by Crippen LogP contribution is -2.27. The SMILES string of the molecule is CCOc1ccc(Cl)cc1C(=O)CCC(C)(C)CC(=O)Nc1c(C)n(C(C)C)n(-c2ccccn2)c1=O. The van der Waals surface area contributed by atoms with E-state index in [-0.39, 0.29) is 41.8 Å². The molecule has 2 aromatic heterocycles. The van der Waals surface area contributed by atoms with E-state index in [0.29, 0.717) is 40.9 Å². The van der Waals surface area contributed by atoms with Crippen molar-refractivity contribution in [1.29, 1.82) is 0 Å². The fourth-order valence-corrected chi connectivity index (χ4v) is 4.55. The molecule has 2 heterocycles. The van der Waals surface area contributed by atoms with Crippen LogP contribution in [0.4, 0.5) is 5.69 Å². The summed E-state index contributed by atoms with van der Waals surface area (Å²) in [6, 6.07) is 10.3. The van der Waals surface area contributed by atoms with Crippen LogP contribution in [0.3, 0.4) is 0 Å². The average molecular weight is 527 g/mol. The molecule has 0 radical (unpaired) electrons. The number of benzene rings is 1. The van der Waals surface area contributed by atoms with Gasteiger partial charge in [0.15, 0.2) is 11.6 Å². The molecule has 198 valence electrons. The van der Waals surface area contributed by atoms with E-state index >= 15 is 0 Å². The molecule has 8 nitrogen and oxygen atoms in total. The third kappa shape index (κ3) is 6.68. The van der Waals surface area contributed by atoms with Gasteiger partial charge in [-0.3, -0.25) is 19.1 Å². The van der Waals surface area contributed by atoms with Crippen molar-refractivity contribution in [2.24, 2.45) is 5.41 Å². The van der Waals surface area contributed by atoms with Crippen LogP contribution in [0, 0.1) is 12.3 Å². The zero-order valence-corrected chi connectivity index (χ0v) is 23.1. The maximum Gasteiger partial charge on any atom is 0.296 e. The summed E-state index contributed by atoms with van der Waals surface area (Å²) in [5.74, 6) is 0.602. The van der Waals surface area contributed by atoms with Crippen LogP contribution in [0.25, 0.3) is 5.82 Å². The first kappa shape index (κ1) is 28.2. The van der Waals surface area contributed by atoms with Gasteiger partial charge in [-0.25, -0.2) is 4.98 Å². The Balaban J connectivity index is 1.74. The molecular formula is C28H35ClN4O4. The first-order valence-corrected chi connectivity index (χ1v) is 12.8. The predicted molar refractivity (Wildman–Crippen MR) is 146 cm³/mol. The van der Waals surface area contributed by atoms with Gasteiger partial charge in [-0.1, -0.05) is 31.5 Å². The number of ketones is 1. The van der Waals surface area contributed by atoms with Crippen LogP contribution in [-0.4, -0.2) is 32.6 Å². The smallest absolute Gasteiger partial charge is 0.296 e. The number of rotatable bonds is 11. The van der Waals surface area contributed by atoms with Crippen LogP contribution in [0.15, 0.2) is 47.4 Å². The summed E-state index contributed by atoms with van der Waals surface area (Å²) >= 11 is 6.10. The largest absolute Gasteiger partial charge is 0.493 e. The predicted octanol–water partition coefficient (Wildman–Crippen LogP) is 5.99. The number of aromatic nitrogens is 3. The fraction of sp³-hybridized carbons (Fsp3) is 0.429. The van der Waals surface area contributed by atoms with Crippen molar-refractivity contribution < 1.29 is 14.3 Å². The van der Waals surface area contributed by atoms with E-state index in [4.69, 9.17) is 16.3 Å². The second-order valence-electron chi connectivity index (χ2n) is 10.1. The minimum Gasteiger partial charge on any atom is -0.493 e. The van der Waals surface area contributed by atoms with Crippen molar-refractivity contribution >= 4 is 29.0 Å². The zero-order valence-electron chi connectivity index (χ0n) is 22.3. The summed E-state index contributed by atoms with van der Waals surface area (Å²) in [6.45, 7) is 11.9. The molecule has 37 heavy (non-hydrogen) atoms. The molecule has 0 saturated heterocycles. The van der Waals surface area contributed by atoms with Crippen molar-refractivity contribution in [2.45, 2.75) is 66.8 Å².